The zero-order chi connectivity index (χ0) is 9.68. The Hall–Kier alpha value is -1.51. The molecule has 1 aromatic carbocycles. The largest absolute Gasteiger partial charge is 0.198 e. The first-order valence-corrected chi connectivity index (χ1v) is 4.22. The lowest BCUT2D eigenvalue weighted by molar-refractivity contribution is 1.01. The number of hydrogen-bond acceptors (Lipinski definition) is 2. The Labute approximate surface area is 82.0 Å². The van der Waals surface area contributed by atoms with E-state index in [1.165, 1.54) is 0 Å². The van der Waals surface area contributed by atoms with Crippen LogP contribution in [0.4, 0.5) is 0 Å². The SMILES string of the molecule is N#CCCc1c(Cl)cccc1C#N. The van der Waals surface area contributed by atoms with Crippen molar-refractivity contribution in [3.63, 3.8) is 0 Å². The number of rotatable bonds is 2. The maximum Gasteiger partial charge on any atom is 0.0995 e. The summed E-state index contributed by atoms with van der Waals surface area (Å²) in [6.45, 7) is 0. The molecule has 13 heavy (non-hydrogen) atoms. The molecule has 1 rings (SSSR count). The molecule has 0 fully saturated rings. The maximum absolute atomic E-state index is 8.75. The molecular weight excluding hydrogens is 184 g/mol. The lowest BCUT2D eigenvalue weighted by Gasteiger charge is -2.02. The second-order valence-corrected chi connectivity index (χ2v) is 2.94. The van der Waals surface area contributed by atoms with Gasteiger partial charge in [-0.2, -0.15) is 10.5 Å². The predicted molar refractivity (Wildman–Crippen MR) is 50.1 cm³/mol. The minimum atomic E-state index is 0.387. The van der Waals surface area contributed by atoms with Crippen molar-refractivity contribution in [1.29, 1.82) is 10.5 Å². The third-order valence-electron chi connectivity index (χ3n) is 1.73. The van der Waals surface area contributed by atoms with Crippen LogP contribution in [0.25, 0.3) is 0 Å². The lowest BCUT2D eigenvalue weighted by atomic mass is 10.0. The van der Waals surface area contributed by atoms with Crippen LogP contribution in [0, 0.1) is 22.7 Å². The quantitative estimate of drug-likeness (QED) is 0.720. The van der Waals surface area contributed by atoms with Crippen molar-refractivity contribution >= 4 is 11.6 Å². The van der Waals surface area contributed by atoms with Gasteiger partial charge >= 0.3 is 0 Å². The lowest BCUT2D eigenvalue weighted by Crippen LogP contribution is -1.90. The van der Waals surface area contributed by atoms with Crippen molar-refractivity contribution in [3.05, 3.63) is 34.3 Å². The van der Waals surface area contributed by atoms with E-state index < -0.39 is 0 Å². The zero-order valence-corrected chi connectivity index (χ0v) is 7.67. The van der Waals surface area contributed by atoms with E-state index in [-0.39, 0.29) is 0 Å². The molecule has 0 aliphatic heterocycles. The van der Waals surface area contributed by atoms with Crippen LogP contribution in [0.1, 0.15) is 17.5 Å². The molecule has 0 aliphatic carbocycles. The normalized spacial score (nSPS) is 8.85. The highest BCUT2D eigenvalue weighted by Gasteiger charge is 2.05. The van der Waals surface area contributed by atoms with Gasteiger partial charge in [0.2, 0.25) is 0 Å². The first kappa shape index (κ1) is 9.58. The summed E-state index contributed by atoms with van der Waals surface area (Å²) in [5, 5.41) is 17.7. The van der Waals surface area contributed by atoms with E-state index >= 15 is 0 Å². The number of hydrogen-bond donors (Lipinski definition) is 0. The summed E-state index contributed by atoms with van der Waals surface area (Å²) in [6, 6.07) is 9.25. The van der Waals surface area contributed by atoms with Gasteiger partial charge in [0.05, 0.1) is 17.7 Å². The highest BCUT2D eigenvalue weighted by Crippen LogP contribution is 2.20. The molecule has 0 N–H and O–H groups in total. The molecule has 64 valence electrons. The summed E-state index contributed by atoms with van der Waals surface area (Å²) >= 11 is 5.88. The number of halogens is 1. The molecule has 0 saturated heterocycles. The standard InChI is InChI=1S/C10H7ClN2/c11-10-5-1-3-8(7-13)9(10)4-2-6-12/h1,3,5H,2,4H2. The molecule has 0 aliphatic rings. The average molecular weight is 191 g/mol. The van der Waals surface area contributed by atoms with Gasteiger partial charge in [-0.3, -0.25) is 0 Å². The van der Waals surface area contributed by atoms with E-state index in [0.717, 1.165) is 5.56 Å². The molecule has 0 aromatic heterocycles. The van der Waals surface area contributed by atoms with Crippen LogP contribution in [0.5, 0.6) is 0 Å². The number of benzene rings is 1. The molecule has 1 aromatic rings. The second kappa shape index (κ2) is 4.50. The van der Waals surface area contributed by atoms with E-state index in [4.69, 9.17) is 22.1 Å². The summed E-state index contributed by atoms with van der Waals surface area (Å²) in [6.07, 6.45) is 0.928. The van der Waals surface area contributed by atoms with Gasteiger partial charge < -0.3 is 0 Å². The van der Waals surface area contributed by atoms with Gasteiger partial charge in [0.1, 0.15) is 0 Å². The van der Waals surface area contributed by atoms with E-state index in [1.54, 1.807) is 18.2 Å². The van der Waals surface area contributed by atoms with Crippen molar-refractivity contribution in [2.45, 2.75) is 12.8 Å². The maximum atomic E-state index is 8.75. The molecule has 0 unspecified atom stereocenters. The van der Waals surface area contributed by atoms with Crippen LogP contribution in [0.2, 0.25) is 5.02 Å². The Morgan fingerprint density at radius 3 is 2.69 bits per heavy atom. The Morgan fingerprint density at radius 1 is 1.31 bits per heavy atom. The van der Waals surface area contributed by atoms with Crippen LogP contribution in [0.3, 0.4) is 0 Å². The Balaban J connectivity index is 3.04. The van der Waals surface area contributed by atoms with Crippen molar-refractivity contribution in [2.75, 3.05) is 0 Å². The molecule has 0 spiro atoms. The Bertz CT molecular complexity index is 385. The van der Waals surface area contributed by atoms with Gasteiger partial charge in [0.15, 0.2) is 0 Å². The molecule has 2 nitrogen and oxygen atoms in total. The van der Waals surface area contributed by atoms with Gasteiger partial charge in [-0.25, -0.2) is 0 Å². The monoisotopic (exact) mass is 190 g/mol. The fourth-order valence-electron chi connectivity index (χ4n) is 1.10. The molecule has 0 amide bonds. The van der Waals surface area contributed by atoms with E-state index in [0.29, 0.717) is 23.4 Å². The highest BCUT2D eigenvalue weighted by molar-refractivity contribution is 6.31. The van der Waals surface area contributed by atoms with Crippen LogP contribution in [-0.2, 0) is 6.42 Å². The minimum Gasteiger partial charge on any atom is -0.198 e. The fraction of sp³-hybridized carbons (Fsp3) is 0.200. The Morgan fingerprint density at radius 2 is 2.08 bits per heavy atom. The second-order valence-electron chi connectivity index (χ2n) is 2.54. The third-order valence-corrected chi connectivity index (χ3v) is 2.08. The van der Waals surface area contributed by atoms with E-state index in [9.17, 15) is 0 Å². The van der Waals surface area contributed by atoms with Gasteiger partial charge in [0.25, 0.3) is 0 Å². The number of nitrogens with zero attached hydrogens (tertiary/aromatic N) is 2. The van der Waals surface area contributed by atoms with E-state index in [2.05, 4.69) is 6.07 Å². The van der Waals surface area contributed by atoms with E-state index in [1.807, 2.05) is 6.07 Å². The number of nitriles is 2. The molecule has 0 heterocycles. The zero-order valence-electron chi connectivity index (χ0n) is 6.92. The van der Waals surface area contributed by atoms with Gasteiger partial charge in [0, 0.05) is 11.4 Å². The molecular formula is C10H7ClN2. The predicted octanol–water partition coefficient (Wildman–Crippen LogP) is 2.67. The minimum absolute atomic E-state index is 0.387. The third kappa shape index (κ3) is 2.21. The van der Waals surface area contributed by atoms with Gasteiger partial charge in [-0.15, -0.1) is 0 Å². The first-order chi connectivity index (χ1) is 6.29. The average Bonchev–Trinajstić information content (AvgIpc) is 2.15. The molecule has 0 radical (unpaired) electrons. The van der Waals surface area contributed by atoms with Crippen LogP contribution < -0.4 is 0 Å². The molecule has 0 atom stereocenters. The molecule has 0 saturated carbocycles. The Kier molecular flexibility index (Phi) is 3.31. The van der Waals surface area contributed by atoms with Crippen molar-refractivity contribution in [2.24, 2.45) is 0 Å². The summed E-state index contributed by atoms with van der Waals surface area (Å²) in [5.74, 6) is 0. The van der Waals surface area contributed by atoms with Crippen LogP contribution in [-0.4, -0.2) is 0 Å². The summed E-state index contributed by atoms with van der Waals surface area (Å²) in [5.41, 5.74) is 1.33. The highest BCUT2D eigenvalue weighted by atomic mass is 35.5. The van der Waals surface area contributed by atoms with Gasteiger partial charge in [-0.1, -0.05) is 17.7 Å². The first-order valence-electron chi connectivity index (χ1n) is 3.84. The van der Waals surface area contributed by atoms with Crippen molar-refractivity contribution in [1.82, 2.24) is 0 Å². The summed E-state index contributed by atoms with van der Waals surface area (Å²) in [7, 11) is 0. The van der Waals surface area contributed by atoms with Crippen molar-refractivity contribution in [3.8, 4) is 12.1 Å². The topological polar surface area (TPSA) is 47.6 Å². The van der Waals surface area contributed by atoms with Crippen LogP contribution in [0.15, 0.2) is 18.2 Å². The fourth-order valence-corrected chi connectivity index (χ4v) is 1.37. The van der Waals surface area contributed by atoms with Crippen LogP contribution >= 0.6 is 11.6 Å². The smallest absolute Gasteiger partial charge is 0.0995 e. The molecule has 0 bridgehead atoms. The molecule has 3 heteroatoms. The summed E-state index contributed by atoms with van der Waals surface area (Å²) < 4.78 is 0. The summed E-state index contributed by atoms with van der Waals surface area (Å²) in [4.78, 5) is 0. The van der Waals surface area contributed by atoms with Crippen molar-refractivity contribution < 1.29 is 0 Å². The van der Waals surface area contributed by atoms with Gasteiger partial charge in [-0.05, 0) is 24.1 Å².